The van der Waals surface area contributed by atoms with Gasteiger partial charge < -0.3 is 29.3 Å². The summed E-state index contributed by atoms with van der Waals surface area (Å²) in [6.45, 7) is 0.314. The molecule has 0 heterocycles. The summed E-state index contributed by atoms with van der Waals surface area (Å²) < 4.78 is 5.54. The summed E-state index contributed by atoms with van der Waals surface area (Å²) in [7, 11) is 5.52. The fourth-order valence-corrected chi connectivity index (χ4v) is 2.12. The highest BCUT2D eigenvalue weighted by molar-refractivity contribution is 5.71. The number of aliphatic hydroxyl groups excluding tert-OH is 1. The topological polar surface area (TPSA) is 124 Å². The van der Waals surface area contributed by atoms with Gasteiger partial charge in [-0.2, -0.15) is 0 Å². The number of aliphatic hydroxyl groups is 1. The Bertz CT molecular complexity index is 403. The molecule has 8 nitrogen and oxygen atoms in total. The van der Waals surface area contributed by atoms with Gasteiger partial charge in [0, 0.05) is 18.8 Å². The van der Waals surface area contributed by atoms with Gasteiger partial charge in [0.2, 0.25) is 0 Å². The van der Waals surface area contributed by atoms with Crippen LogP contribution in [0.3, 0.4) is 0 Å². The van der Waals surface area contributed by atoms with Crippen molar-refractivity contribution in [3.8, 4) is 0 Å². The molecule has 0 saturated carbocycles. The van der Waals surface area contributed by atoms with E-state index in [1.54, 1.807) is 0 Å². The first kappa shape index (κ1) is 21.3. The molecule has 2 unspecified atom stereocenters. The Morgan fingerprint density at radius 1 is 1.13 bits per heavy atom. The van der Waals surface area contributed by atoms with Gasteiger partial charge in [0.25, 0.3) is 0 Å². The van der Waals surface area contributed by atoms with Crippen molar-refractivity contribution in [1.82, 2.24) is 0 Å². The zero-order valence-corrected chi connectivity index (χ0v) is 14.0. The summed E-state index contributed by atoms with van der Waals surface area (Å²) >= 11 is 0. The third-order valence-electron chi connectivity index (χ3n) is 3.02. The number of ether oxygens (including phenoxy) is 1. The molecular formula is C15H27NO7. The third-order valence-corrected chi connectivity index (χ3v) is 3.02. The van der Waals surface area contributed by atoms with Gasteiger partial charge in [-0.3, -0.25) is 9.59 Å². The minimum atomic E-state index is -1.30. The van der Waals surface area contributed by atoms with Gasteiger partial charge in [0.15, 0.2) is 6.10 Å². The summed E-state index contributed by atoms with van der Waals surface area (Å²) in [5.41, 5.74) is 0. The number of esters is 1. The van der Waals surface area contributed by atoms with E-state index in [0.717, 1.165) is 0 Å². The highest BCUT2D eigenvalue weighted by Gasteiger charge is 2.23. The van der Waals surface area contributed by atoms with Crippen molar-refractivity contribution in [2.75, 3.05) is 27.7 Å². The molecule has 8 heteroatoms. The molecule has 0 amide bonds. The molecule has 0 aliphatic rings. The molecule has 0 aliphatic carbocycles. The van der Waals surface area contributed by atoms with Gasteiger partial charge in [0.05, 0.1) is 33.7 Å². The maximum absolute atomic E-state index is 11.8. The van der Waals surface area contributed by atoms with Gasteiger partial charge in [-0.25, -0.2) is 0 Å². The fourth-order valence-electron chi connectivity index (χ4n) is 2.12. The van der Waals surface area contributed by atoms with E-state index in [1.807, 2.05) is 21.1 Å². The molecule has 0 aliphatic heterocycles. The van der Waals surface area contributed by atoms with Crippen LogP contribution in [-0.2, 0) is 19.1 Å². The first-order chi connectivity index (χ1) is 10.5. The van der Waals surface area contributed by atoms with Crippen LogP contribution in [0.4, 0.5) is 0 Å². The number of quaternary nitrogens is 1. The zero-order valence-electron chi connectivity index (χ0n) is 14.0. The third kappa shape index (κ3) is 13.7. The van der Waals surface area contributed by atoms with E-state index >= 15 is 0 Å². The summed E-state index contributed by atoms with van der Waals surface area (Å²) in [6.07, 6.45) is -1.14. The minimum absolute atomic E-state index is 0.0222. The minimum Gasteiger partial charge on any atom is -0.550 e. The molecule has 2 N–H and O–H groups in total. The largest absolute Gasteiger partial charge is 0.550 e. The van der Waals surface area contributed by atoms with E-state index < -0.39 is 36.5 Å². The van der Waals surface area contributed by atoms with Crippen molar-refractivity contribution in [1.29, 1.82) is 0 Å². The molecule has 23 heavy (non-hydrogen) atoms. The fraction of sp³-hybridized carbons (Fsp3) is 0.800. The Hall–Kier alpha value is -1.67. The molecule has 0 rings (SSSR count). The molecule has 2 atom stereocenters. The van der Waals surface area contributed by atoms with Crippen molar-refractivity contribution in [2.24, 2.45) is 0 Å². The van der Waals surface area contributed by atoms with Crippen molar-refractivity contribution in [2.45, 2.75) is 50.7 Å². The van der Waals surface area contributed by atoms with Crippen LogP contribution in [0.5, 0.6) is 0 Å². The Kier molecular flexibility index (Phi) is 9.43. The number of hydrogen-bond donors (Lipinski definition) is 2. The Morgan fingerprint density at radius 2 is 1.74 bits per heavy atom. The van der Waals surface area contributed by atoms with E-state index in [2.05, 4.69) is 0 Å². The normalized spacial score (nSPS) is 14.1. The van der Waals surface area contributed by atoms with Crippen LogP contribution in [0.15, 0.2) is 0 Å². The lowest BCUT2D eigenvalue weighted by Gasteiger charge is -2.29. The molecule has 0 aromatic carbocycles. The lowest BCUT2D eigenvalue weighted by molar-refractivity contribution is -0.873. The Morgan fingerprint density at radius 3 is 2.22 bits per heavy atom. The monoisotopic (exact) mass is 333 g/mol. The first-order valence-corrected chi connectivity index (χ1v) is 7.59. The van der Waals surface area contributed by atoms with E-state index in [-0.39, 0.29) is 12.8 Å². The average Bonchev–Trinajstić information content (AvgIpc) is 2.30. The van der Waals surface area contributed by atoms with Crippen molar-refractivity contribution in [3.05, 3.63) is 0 Å². The highest BCUT2D eigenvalue weighted by Crippen LogP contribution is 2.10. The number of carbonyl (C=O) groups excluding carboxylic acids is 2. The second-order valence-electron chi connectivity index (χ2n) is 6.66. The average molecular weight is 333 g/mol. The van der Waals surface area contributed by atoms with Crippen LogP contribution in [0.2, 0.25) is 0 Å². The highest BCUT2D eigenvalue weighted by atomic mass is 16.5. The van der Waals surface area contributed by atoms with Crippen molar-refractivity contribution in [3.63, 3.8) is 0 Å². The van der Waals surface area contributed by atoms with Crippen molar-refractivity contribution < 1.29 is 38.9 Å². The number of carbonyl (C=O) groups is 3. The summed E-state index contributed by atoms with van der Waals surface area (Å²) in [6, 6.07) is 0. The molecule has 134 valence electrons. The zero-order chi connectivity index (χ0) is 18.0. The van der Waals surface area contributed by atoms with E-state index in [0.29, 0.717) is 30.3 Å². The van der Waals surface area contributed by atoms with E-state index in [9.17, 15) is 24.6 Å². The standard InChI is InChI=1S/C15H27NO7/c1-16(2,3)10-12(9-14(20)21)23-15(22)8-11(17)6-4-5-7-13(18)19/h11-12,17H,4-10H2,1-3H3,(H-,18,19,20,21). The lowest BCUT2D eigenvalue weighted by atomic mass is 10.1. The number of aliphatic carboxylic acids is 2. The number of carboxylic acid groups (broad SMARTS) is 2. The predicted octanol–water partition coefficient (Wildman–Crippen LogP) is -0.860. The van der Waals surface area contributed by atoms with Gasteiger partial charge >= 0.3 is 11.9 Å². The van der Waals surface area contributed by atoms with Crippen LogP contribution >= 0.6 is 0 Å². The van der Waals surface area contributed by atoms with Crippen LogP contribution in [0.1, 0.15) is 38.5 Å². The quantitative estimate of drug-likeness (QED) is 0.270. The first-order valence-electron chi connectivity index (χ1n) is 7.59. The maximum atomic E-state index is 11.8. The number of nitrogens with zero attached hydrogens (tertiary/aromatic N) is 1. The van der Waals surface area contributed by atoms with Crippen LogP contribution < -0.4 is 5.11 Å². The number of carboxylic acids is 2. The molecule has 0 radical (unpaired) electrons. The van der Waals surface area contributed by atoms with E-state index in [1.165, 1.54) is 0 Å². The molecule has 0 fully saturated rings. The molecule has 0 aromatic heterocycles. The molecule has 0 spiro atoms. The number of rotatable bonds is 12. The number of unbranched alkanes of at least 4 members (excludes halogenated alkanes) is 1. The maximum Gasteiger partial charge on any atom is 0.308 e. The summed E-state index contributed by atoms with van der Waals surface area (Å²) in [5, 5.41) is 29.0. The molecular weight excluding hydrogens is 306 g/mol. The summed E-state index contributed by atoms with van der Waals surface area (Å²) in [4.78, 5) is 32.9. The van der Waals surface area contributed by atoms with Gasteiger partial charge in [0.1, 0.15) is 6.54 Å². The molecule has 0 saturated heterocycles. The van der Waals surface area contributed by atoms with Crippen LogP contribution in [0, 0.1) is 0 Å². The van der Waals surface area contributed by atoms with Crippen LogP contribution in [0.25, 0.3) is 0 Å². The Balaban J connectivity index is 4.24. The second kappa shape index (κ2) is 10.2. The van der Waals surface area contributed by atoms with E-state index in [4.69, 9.17) is 9.84 Å². The second-order valence-corrected chi connectivity index (χ2v) is 6.66. The van der Waals surface area contributed by atoms with Gasteiger partial charge in [-0.1, -0.05) is 6.42 Å². The Labute approximate surface area is 136 Å². The smallest absolute Gasteiger partial charge is 0.308 e. The summed E-state index contributed by atoms with van der Waals surface area (Å²) in [5.74, 6) is -2.87. The van der Waals surface area contributed by atoms with Crippen molar-refractivity contribution >= 4 is 17.9 Å². The lowest BCUT2D eigenvalue weighted by Crippen LogP contribution is -2.45. The van der Waals surface area contributed by atoms with Crippen LogP contribution in [-0.4, -0.2) is 72.5 Å². The predicted molar refractivity (Wildman–Crippen MR) is 79.1 cm³/mol. The molecule has 0 bridgehead atoms. The van der Waals surface area contributed by atoms with Gasteiger partial charge in [-0.05, 0) is 12.8 Å². The molecule has 0 aromatic rings. The van der Waals surface area contributed by atoms with Gasteiger partial charge in [-0.15, -0.1) is 0 Å². The number of likely N-dealkylation sites (N-methyl/N-ethyl adjacent to an activating group) is 1. The SMILES string of the molecule is C[N+](C)(C)CC(CC(=O)[O-])OC(=O)CC(O)CCCCC(=O)O. The number of hydrogen-bond acceptors (Lipinski definition) is 6.